The summed E-state index contributed by atoms with van der Waals surface area (Å²) in [7, 11) is -4.72. The second-order valence-electron chi connectivity index (χ2n) is 6.08. The summed E-state index contributed by atoms with van der Waals surface area (Å²) in [4.78, 5) is 24.1. The van der Waals surface area contributed by atoms with Gasteiger partial charge in [-0.05, 0) is 49.2 Å². The van der Waals surface area contributed by atoms with E-state index in [2.05, 4.69) is 10.6 Å². The normalized spacial score (nSPS) is 14.0. The van der Waals surface area contributed by atoms with Crippen LogP contribution in [0.5, 0.6) is 0 Å². The van der Waals surface area contributed by atoms with Gasteiger partial charge in [-0.25, -0.2) is 8.42 Å². The van der Waals surface area contributed by atoms with Crippen molar-refractivity contribution in [3.8, 4) is 0 Å². The van der Waals surface area contributed by atoms with Crippen LogP contribution in [0.2, 0.25) is 0 Å². The predicted molar refractivity (Wildman–Crippen MR) is 94.5 cm³/mol. The summed E-state index contributed by atoms with van der Waals surface area (Å²) in [6.45, 7) is 0. The first-order valence-corrected chi connectivity index (χ1v) is 9.67. The minimum Gasteiger partial charge on any atom is -0.349 e. The van der Waals surface area contributed by atoms with Crippen molar-refractivity contribution >= 4 is 27.3 Å². The van der Waals surface area contributed by atoms with Crippen molar-refractivity contribution in [1.29, 1.82) is 0 Å². The molecule has 2 amide bonds. The van der Waals surface area contributed by atoms with Crippen molar-refractivity contribution in [2.24, 2.45) is 0 Å². The van der Waals surface area contributed by atoms with Gasteiger partial charge in [0, 0.05) is 11.6 Å². The van der Waals surface area contributed by atoms with E-state index in [1.165, 1.54) is 0 Å². The van der Waals surface area contributed by atoms with Crippen LogP contribution in [0, 0.1) is 0 Å². The van der Waals surface area contributed by atoms with Gasteiger partial charge in [0.05, 0.1) is 16.1 Å². The van der Waals surface area contributed by atoms with E-state index in [1.807, 2.05) is 0 Å². The first kappa shape index (κ1) is 19.0. The van der Waals surface area contributed by atoms with Gasteiger partial charge in [0.1, 0.15) is 0 Å². The summed E-state index contributed by atoms with van der Waals surface area (Å²) in [6, 6.07) is 10.8. The number of halogens is 2. The molecule has 0 heterocycles. The van der Waals surface area contributed by atoms with Gasteiger partial charge in [-0.2, -0.15) is 8.78 Å². The molecule has 142 valence electrons. The van der Waals surface area contributed by atoms with E-state index >= 15 is 0 Å². The van der Waals surface area contributed by atoms with E-state index < -0.39 is 26.4 Å². The lowest BCUT2D eigenvalue weighted by molar-refractivity contribution is 0.0952. The average Bonchev–Trinajstić information content (AvgIpc) is 3.46. The van der Waals surface area contributed by atoms with Crippen molar-refractivity contribution in [2.45, 2.75) is 29.5 Å². The number of hydrogen-bond acceptors (Lipinski definition) is 4. The van der Waals surface area contributed by atoms with Gasteiger partial charge in [0.25, 0.3) is 11.8 Å². The van der Waals surface area contributed by atoms with Crippen LogP contribution in [0.3, 0.4) is 0 Å². The molecule has 0 radical (unpaired) electrons. The number of rotatable bonds is 6. The number of benzene rings is 2. The predicted octanol–water partition coefficient (Wildman–Crippen LogP) is 2.83. The molecule has 9 heteroatoms. The Kier molecular flexibility index (Phi) is 5.22. The van der Waals surface area contributed by atoms with Crippen LogP contribution in [0.25, 0.3) is 0 Å². The molecular formula is C18H16F2N2O4S. The molecule has 0 unspecified atom stereocenters. The molecule has 3 rings (SSSR count). The molecule has 1 fully saturated rings. The summed E-state index contributed by atoms with van der Waals surface area (Å²) in [5.41, 5.74) is 0.667. The van der Waals surface area contributed by atoms with E-state index in [9.17, 15) is 26.8 Å². The average molecular weight is 394 g/mol. The van der Waals surface area contributed by atoms with Crippen LogP contribution in [-0.2, 0) is 9.84 Å². The maximum atomic E-state index is 12.6. The van der Waals surface area contributed by atoms with Crippen molar-refractivity contribution in [3.63, 3.8) is 0 Å². The number of sulfone groups is 1. The number of amides is 2. The van der Waals surface area contributed by atoms with Crippen molar-refractivity contribution < 1.29 is 26.8 Å². The van der Waals surface area contributed by atoms with E-state index in [1.54, 1.807) is 24.3 Å². The Hall–Kier alpha value is -2.81. The highest BCUT2D eigenvalue weighted by molar-refractivity contribution is 7.91. The molecule has 2 N–H and O–H groups in total. The number of alkyl halides is 2. The fourth-order valence-electron chi connectivity index (χ4n) is 2.37. The van der Waals surface area contributed by atoms with Crippen molar-refractivity contribution in [3.05, 3.63) is 59.7 Å². The fraction of sp³-hybridized carbons (Fsp3) is 0.222. The van der Waals surface area contributed by atoms with E-state index in [-0.39, 0.29) is 17.5 Å². The molecular weight excluding hydrogens is 378 g/mol. The second kappa shape index (κ2) is 7.43. The number of anilines is 1. The molecule has 0 spiro atoms. The lowest BCUT2D eigenvalue weighted by Gasteiger charge is -2.11. The van der Waals surface area contributed by atoms with Crippen molar-refractivity contribution in [1.82, 2.24) is 5.32 Å². The quantitative estimate of drug-likeness (QED) is 0.788. The molecule has 0 bridgehead atoms. The molecule has 1 aliphatic carbocycles. The highest BCUT2D eigenvalue weighted by Crippen LogP contribution is 2.23. The maximum Gasteiger partial charge on any atom is 0.341 e. The van der Waals surface area contributed by atoms with E-state index in [4.69, 9.17) is 0 Å². The summed E-state index contributed by atoms with van der Waals surface area (Å²) in [5.74, 6) is -4.43. The van der Waals surface area contributed by atoms with Crippen LogP contribution in [-0.4, -0.2) is 32.0 Å². The summed E-state index contributed by atoms with van der Waals surface area (Å²) < 4.78 is 48.0. The standard InChI is InChI=1S/C18H16F2N2O4S/c19-18(20)27(25,26)13-9-5-11(6-10-13)16(23)22-15-4-2-1-3-14(15)17(24)21-12-7-8-12/h1-6,9-10,12,18H,7-8H2,(H,21,24)(H,22,23). The summed E-state index contributed by atoms with van der Waals surface area (Å²) in [6.07, 6.45) is 1.85. The number of nitrogens with one attached hydrogen (secondary N) is 2. The highest BCUT2D eigenvalue weighted by atomic mass is 32.2. The molecule has 6 nitrogen and oxygen atoms in total. The Morgan fingerprint density at radius 2 is 1.59 bits per heavy atom. The topological polar surface area (TPSA) is 92.3 Å². The molecule has 2 aromatic carbocycles. The third-order valence-electron chi connectivity index (χ3n) is 4.01. The van der Waals surface area contributed by atoms with Crippen LogP contribution in [0.4, 0.5) is 14.5 Å². The molecule has 1 aliphatic rings. The third-order valence-corrected chi connectivity index (χ3v) is 5.41. The molecule has 0 aromatic heterocycles. The smallest absolute Gasteiger partial charge is 0.341 e. The molecule has 0 saturated heterocycles. The molecule has 2 aromatic rings. The molecule has 27 heavy (non-hydrogen) atoms. The van der Waals surface area contributed by atoms with Gasteiger partial charge in [-0.3, -0.25) is 9.59 Å². The summed E-state index contributed by atoms with van der Waals surface area (Å²) >= 11 is 0. The maximum absolute atomic E-state index is 12.6. The Labute approximate surface area is 154 Å². The van der Waals surface area contributed by atoms with Gasteiger partial charge in [0.2, 0.25) is 9.84 Å². The zero-order chi connectivity index (χ0) is 19.6. The van der Waals surface area contributed by atoms with Crippen LogP contribution in [0.1, 0.15) is 33.6 Å². The lowest BCUT2D eigenvalue weighted by Crippen LogP contribution is -2.27. The Morgan fingerprint density at radius 3 is 2.19 bits per heavy atom. The van der Waals surface area contributed by atoms with Crippen LogP contribution < -0.4 is 10.6 Å². The first-order chi connectivity index (χ1) is 12.8. The van der Waals surface area contributed by atoms with Gasteiger partial charge >= 0.3 is 5.76 Å². The number of carbonyl (C=O) groups is 2. The highest BCUT2D eigenvalue weighted by Gasteiger charge is 2.27. The number of hydrogen-bond donors (Lipinski definition) is 2. The Balaban J connectivity index is 1.77. The third kappa shape index (κ3) is 4.30. The minimum atomic E-state index is -4.72. The van der Waals surface area contributed by atoms with E-state index in [0.717, 1.165) is 37.1 Å². The van der Waals surface area contributed by atoms with Gasteiger partial charge < -0.3 is 10.6 Å². The number of carbonyl (C=O) groups excluding carboxylic acids is 2. The zero-order valence-electron chi connectivity index (χ0n) is 14.0. The van der Waals surface area contributed by atoms with E-state index in [0.29, 0.717) is 11.3 Å². The molecule has 0 atom stereocenters. The minimum absolute atomic E-state index is 0.0700. The molecule has 0 aliphatic heterocycles. The summed E-state index contributed by atoms with van der Waals surface area (Å²) in [5, 5.41) is 5.42. The fourth-order valence-corrected chi connectivity index (χ4v) is 3.10. The Morgan fingerprint density at radius 1 is 0.963 bits per heavy atom. The van der Waals surface area contributed by atoms with Crippen LogP contribution in [0.15, 0.2) is 53.4 Å². The van der Waals surface area contributed by atoms with Crippen LogP contribution >= 0.6 is 0 Å². The molecule has 1 saturated carbocycles. The van der Waals surface area contributed by atoms with Crippen molar-refractivity contribution in [2.75, 3.05) is 5.32 Å². The van der Waals surface area contributed by atoms with Gasteiger partial charge in [-0.1, -0.05) is 12.1 Å². The first-order valence-electron chi connectivity index (χ1n) is 8.12. The monoisotopic (exact) mass is 394 g/mol. The largest absolute Gasteiger partial charge is 0.349 e. The van der Waals surface area contributed by atoms with Gasteiger partial charge in [-0.15, -0.1) is 0 Å². The SMILES string of the molecule is O=C(Nc1ccccc1C(=O)NC1CC1)c1ccc(S(=O)(=O)C(F)F)cc1. The Bertz CT molecular complexity index is 971. The lowest BCUT2D eigenvalue weighted by atomic mass is 10.1. The second-order valence-corrected chi connectivity index (χ2v) is 8.00. The van der Waals surface area contributed by atoms with Gasteiger partial charge in [0.15, 0.2) is 0 Å². The zero-order valence-corrected chi connectivity index (χ0v) is 14.8. The number of para-hydroxylation sites is 1.